The molecule has 3 aromatic rings. The van der Waals surface area contributed by atoms with Crippen LogP contribution in [-0.2, 0) is 27.2 Å². The van der Waals surface area contributed by atoms with Crippen LogP contribution in [0.2, 0.25) is 5.02 Å². The van der Waals surface area contributed by atoms with Crippen molar-refractivity contribution in [1.29, 1.82) is 0 Å². The van der Waals surface area contributed by atoms with E-state index in [9.17, 15) is 4.79 Å². The molecule has 0 radical (unpaired) electrons. The van der Waals surface area contributed by atoms with Crippen LogP contribution in [0, 0.1) is 0 Å². The van der Waals surface area contributed by atoms with Gasteiger partial charge < -0.3 is 24.3 Å². The molecule has 0 saturated carbocycles. The lowest BCUT2D eigenvalue weighted by Gasteiger charge is -2.32. The molecule has 1 aromatic heterocycles. The van der Waals surface area contributed by atoms with E-state index in [1.807, 2.05) is 47.3 Å². The van der Waals surface area contributed by atoms with E-state index in [0.29, 0.717) is 31.3 Å². The van der Waals surface area contributed by atoms with Gasteiger partial charge in [0.15, 0.2) is 0 Å². The van der Waals surface area contributed by atoms with Gasteiger partial charge in [0.05, 0.1) is 31.7 Å². The van der Waals surface area contributed by atoms with Crippen molar-refractivity contribution >= 4 is 17.7 Å². The Morgan fingerprint density at radius 2 is 2.06 bits per heavy atom. The number of benzene rings is 2. The van der Waals surface area contributed by atoms with Crippen LogP contribution in [-0.4, -0.2) is 48.6 Å². The predicted molar refractivity (Wildman–Crippen MR) is 117 cm³/mol. The second-order valence-corrected chi connectivity index (χ2v) is 8.07. The zero-order valence-corrected chi connectivity index (χ0v) is 18.2. The van der Waals surface area contributed by atoms with Crippen LogP contribution in [0.4, 0.5) is 4.79 Å². The summed E-state index contributed by atoms with van der Waals surface area (Å²) in [7, 11) is 1.32. The molecular formula is C23H22ClN3O5. The Morgan fingerprint density at radius 3 is 2.88 bits per heavy atom. The monoisotopic (exact) mass is 455 g/mol. The molecule has 0 aliphatic carbocycles. The van der Waals surface area contributed by atoms with Gasteiger partial charge in [0.25, 0.3) is 0 Å². The van der Waals surface area contributed by atoms with Crippen LogP contribution in [0.3, 0.4) is 0 Å². The summed E-state index contributed by atoms with van der Waals surface area (Å²) in [6.07, 6.45) is 2.03. The molecule has 0 atom stereocenters. The van der Waals surface area contributed by atoms with E-state index in [2.05, 4.69) is 10.1 Å². The predicted octanol–water partition coefficient (Wildman–Crippen LogP) is 3.73. The maximum Gasteiger partial charge on any atom is 0.407 e. The largest absolute Gasteiger partial charge is 0.488 e. The average Bonchev–Trinajstić information content (AvgIpc) is 3.48. The van der Waals surface area contributed by atoms with Crippen LogP contribution in [0.1, 0.15) is 11.1 Å². The molecule has 2 aromatic carbocycles. The van der Waals surface area contributed by atoms with E-state index >= 15 is 0 Å². The first-order valence-electron chi connectivity index (χ1n) is 10.3. The summed E-state index contributed by atoms with van der Waals surface area (Å²) in [5.74, 6) is 0.157. The Kier molecular flexibility index (Phi) is 5.50. The Balaban J connectivity index is 1.38. The van der Waals surface area contributed by atoms with E-state index in [1.54, 1.807) is 6.07 Å². The number of hydrogen-bond acceptors (Lipinski definition) is 6. The zero-order valence-electron chi connectivity index (χ0n) is 17.5. The van der Waals surface area contributed by atoms with Crippen LogP contribution >= 0.6 is 11.6 Å². The Hall–Kier alpha value is -3.07. The van der Waals surface area contributed by atoms with Crippen molar-refractivity contribution < 1.29 is 23.7 Å². The summed E-state index contributed by atoms with van der Waals surface area (Å²) < 4.78 is 23.9. The fraction of sp³-hybridized carbons (Fsp3) is 0.304. The van der Waals surface area contributed by atoms with Gasteiger partial charge in [0.1, 0.15) is 12.4 Å². The number of halogens is 1. The zero-order chi connectivity index (χ0) is 22.1. The number of carbonyl (C=O) groups is 1. The molecule has 8 nitrogen and oxygen atoms in total. The number of hydrogen-bond donors (Lipinski definition) is 1. The topological polar surface area (TPSA) is 83.8 Å². The number of carbonyl (C=O) groups excluding carboxylic acids is 1. The van der Waals surface area contributed by atoms with Crippen molar-refractivity contribution in [3.63, 3.8) is 0 Å². The average molecular weight is 456 g/mol. The van der Waals surface area contributed by atoms with Gasteiger partial charge in [-0.25, -0.2) is 9.48 Å². The van der Waals surface area contributed by atoms with Crippen molar-refractivity contribution in [2.75, 3.05) is 26.9 Å². The molecule has 1 spiro atoms. The Morgan fingerprint density at radius 1 is 1.22 bits per heavy atom. The van der Waals surface area contributed by atoms with Crippen LogP contribution in [0.25, 0.3) is 16.9 Å². The third-order valence-corrected chi connectivity index (χ3v) is 5.94. The van der Waals surface area contributed by atoms with Gasteiger partial charge >= 0.3 is 6.09 Å². The van der Waals surface area contributed by atoms with Crippen molar-refractivity contribution in [3.05, 3.63) is 64.8 Å². The molecule has 1 N–H and O–H groups in total. The first-order valence-corrected chi connectivity index (χ1v) is 10.6. The molecular weight excluding hydrogens is 434 g/mol. The summed E-state index contributed by atoms with van der Waals surface area (Å²) in [6.45, 7) is 1.82. The lowest BCUT2D eigenvalue weighted by Crippen LogP contribution is -2.42. The van der Waals surface area contributed by atoms with Gasteiger partial charge in [0.2, 0.25) is 5.79 Å². The van der Waals surface area contributed by atoms with Gasteiger partial charge in [-0.2, -0.15) is 5.10 Å². The number of nitrogens with one attached hydrogen (secondary N) is 1. The van der Waals surface area contributed by atoms with E-state index in [1.165, 1.54) is 7.11 Å². The number of amides is 1. The fourth-order valence-corrected chi connectivity index (χ4v) is 4.11. The summed E-state index contributed by atoms with van der Waals surface area (Å²) in [5, 5.41) is 7.93. The Labute approximate surface area is 190 Å². The molecule has 2 aliphatic heterocycles. The van der Waals surface area contributed by atoms with E-state index in [-0.39, 0.29) is 6.54 Å². The second kappa shape index (κ2) is 8.46. The van der Waals surface area contributed by atoms with Gasteiger partial charge in [-0.05, 0) is 42.0 Å². The summed E-state index contributed by atoms with van der Waals surface area (Å²) in [6, 6.07) is 13.5. The molecule has 166 valence electrons. The minimum Gasteiger partial charge on any atom is -0.488 e. The highest BCUT2D eigenvalue weighted by Crippen LogP contribution is 2.35. The maximum atomic E-state index is 11.4. The van der Waals surface area contributed by atoms with E-state index < -0.39 is 11.9 Å². The molecule has 5 rings (SSSR count). The molecule has 32 heavy (non-hydrogen) atoms. The number of fused-ring (bicyclic) bond motifs is 1. The molecule has 1 fully saturated rings. The number of rotatable bonds is 4. The summed E-state index contributed by atoms with van der Waals surface area (Å²) >= 11 is 6.28. The lowest BCUT2D eigenvalue weighted by atomic mass is 10.0. The van der Waals surface area contributed by atoms with Crippen LogP contribution < -0.4 is 10.1 Å². The molecule has 9 heteroatoms. The molecule has 1 saturated heterocycles. The minimum atomic E-state index is -0.682. The van der Waals surface area contributed by atoms with Crippen molar-refractivity contribution in [3.8, 4) is 22.7 Å². The van der Waals surface area contributed by atoms with Gasteiger partial charge in [-0.15, -0.1) is 0 Å². The van der Waals surface area contributed by atoms with Crippen molar-refractivity contribution in [2.24, 2.45) is 0 Å². The molecule has 0 unspecified atom stereocenters. The van der Waals surface area contributed by atoms with Crippen LogP contribution in [0.5, 0.6) is 5.75 Å². The minimum absolute atomic E-state index is 0.261. The first-order chi connectivity index (χ1) is 15.5. The number of methoxy groups -OCH3 is 1. The lowest BCUT2D eigenvalue weighted by molar-refractivity contribution is -0.182. The van der Waals surface area contributed by atoms with E-state index in [0.717, 1.165) is 33.8 Å². The number of aromatic nitrogens is 2. The highest BCUT2D eigenvalue weighted by Gasteiger charge is 2.41. The highest BCUT2D eigenvalue weighted by molar-refractivity contribution is 6.31. The molecule has 2 aliphatic rings. The number of alkyl carbamates (subject to hydrolysis) is 1. The van der Waals surface area contributed by atoms with Gasteiger partial charge in [0, 0.05) is 35.3 Å². The fourth-order valence-electron chi connectivity index (χ4n) is 3.93. The molecule has 0 bridgehead atoms. The number of ether oxygens (including phenoxy) is 4. The quantitative estimate of drug-likeness (QED) is 0.645. The summed E-state index contributed by atoms with van der Waals surface area (Å²) in [5.41, 5.74) is 4.39. The standard InChI is InChI=1S/C23H22ClN3O5/c1-29-22(28)25-13-17-10-15(2-4-19(17)24)20-6-7-27(26-20)18-3-5-21-16(11-18)12-23(14-30-21)31-8-9-32-23/h2-7,10-11H,8-9,12-14H2,1H3,(H,25,28). The second-order valence-electron chi connectivity index (χ2n) is 7.66. The summed E-state index contributed by atoms with van der Waals surface area (Å²) in [4.78, 5) is 11.4. The third kappa shape index (κ3) is 4.04. The third-order valence-electron chi connectivity index (χ3n) is 5.57. The first kappa shape index (κ1) is 20.8. The van der Waals surface area contributed by atoms with Gasteiger partial charge in [-0.3, -0.25) is 0 Å². The SMILES string of the molecule is COC(=O)NCc1cc(-c2ccn(-c3ccc4c(c3)CC3(CO4)OCCO3)n2)ccc1Cl. The van der Waals surface area contributed by atoms with Crippen LogP contribution in [0.15, 0.2) is 48.7 Å². The van der Waals surface area contributed by atoms with E-state index in [4.69, 9.17) is 30.9 Å². The maximum absolute atomic E-state index is 11.4. The molecule has 1 amide bonds. The normalized spacial score (nSPS) is 16.4. The highest BCUT2D eigenvalue weighted by atomic mass is 35.5. The smallest absolute Gasteiger partial charge is 0.407 e. The Bertz CT molecular complexity index is 1160. The van der Waals surface area contributed by atoms with Gasteiger partial charge in [-0.1, -0.05) is 17.7 Å². The van der Waals surface area contributed by atoms with Crippen molar-refractivity contribution in [1.82, 2.24) is 15.1 Å². The van der Waals surface area contributed by atoms with Crippen molar-refractivity contribution in [2.45, 2.75) is 18.8 Å². The number of nitrogens with zero attached hydrogens (tertiary/aromatic N) is 2. The molecule has 3 heterocycles.